The smallest absolute Gasteiger partial charge is 0.134 e. The average Bonchev–Trinajstić information content (AvgIpc) is 2.16. The zero-order valence-corrected chi connectivity index (χ0v) is 8.97. The fourth-order valence-electron chi connectivity index (χ4n) is 0.960. The van der Waals surface area contributed by atoms with Crippen molar-refractivity contribution < 1.29 is 0 Å². The van der Waals surface area contributed by atoms with Crippen molar-refractivity contribution in [3.05, 3.63) is 17.0 Å². The van der Waals surface area contributed by atoms with E-state index in [4.69, 9.17) is 18.0 Å². The van der Waals surface area contributed by atoms with Crippen molar-refractivity contribution in [2.75, 3.05) is 5.32 Å². The fraction of sp³-hybridized carbons (Fsp3) is 0.400. The average molecular weight is 210 g/mol. The Labute approximate surface area is 88.9 Å². The Morgan fingerprint density at radius 2 is 2.36 bits per heavy atom. The quantitative estimate of drug-likeness (QED) is 0.612. The predicted octanol–water partition coefficient (Wildman–Crippen LogP) is 2.13. The molecule has 0 aliphatic carbocycles. The summed E-state index contributed by atoms with van der Waals surface area (Å²) in [6.07, 6.45) is 5.99. The summed E-state index contributed by atoms with van der Waals surface area (Å²) >= 11 is 5.81. The lowest BCUT2D eigenvalue weighted by Gasteiger charge is -2.09. The van der Waals surface area contributed by atoms with E-state index in [1.165, 1.54) is 0 Å². The summed E-state index contributed by atoms with van der Waals surface area (Å²) in [6, 6.07) is 1.60. The Morgan fingerprint density at radius 1 is 1.64 bits per heavy atom. The van der Waals surface area contributed by atoms with Gasteiger partial charge >= 0.3 is 0 Å². The Bertz CT molecular complexity index is 357. The highest BCUT2D eigenvalue weighted by molar-refractivity contribution is 6.29. The van der Waals surface area contributed by atoms with Crippen molar-refractivity contribution in [3.63, 3.8) is 0 Å². The summed E-state index contributed by atoms with van der Waals surface area (Å²) in [5.74, 6) is 3.94. The monoisotopic (exact) mass is 209 g/mol. The SMILES string of the molecule is C#CC(C)Nc1cc(Cl)nc(CC)n1. The minimum atomic E-state index is -0.0642. The highest BCUT2D eigenvalue weighted by atomic mass is 35.5. The Morgan fingerprint density at radius 3 is 2.93 bits per heavy atom. The van der Waals surface area contributed by atoms with Crippen LogP contribution in [0, 0.1) is 12.3 Å². The zero-order valence-electron chi connectivity index (χ0n) is 8.21. The Balaban J connectivity index is 2.87. The molecule has 3 nitrogen and oxygen atoms in total. The standard InChI is InChI=1S/C10H12ClN3/c1-4-7(3)12-10-6-8(11)13-9(5-2)14-10/h1,6-7H,5H2,2-3H3,(H,12,13,14). The second-order valence-electron chi connectivity index (χ2n) is 2.88. The fourth-order valence-corrected chi connectivity index (χ4v) is 1.16. The number of aryl methyl sites for hydroxylation is 1. The molecule has 0 bridgehead atoms. The number of hydrogen-bond donors (Lipinski definition) is 1. The maximum Gasteiger partial charge on any atom is 0.134 e. The topological polar surface area (TPSA) is 37.8 Å². The highest BCUT2D eigenvalue weighted by Crippen LogP contribution is 2.12. The second-order valence-corrected chi connectivity index (χ2v) is 3.27. The third-order valence-corrected chi connectivity index (χ3v) is 1.87. The molecule has 0 aliphatic heterocycles. The van der Waals surface area contributed by atoms with Gasteiger partial charge in [-0.15, -0.1) is 6.42 Å². The molecule has 4 heteroatoms. The van der Waals surface area contributed by atoms with Gasteiger partial charge in [0.15, 0.2) is 0 Å². The molecule has 0 saturated heterocycles. The van der Waals surface area contributed by atoms with Crippen molar-refractivity contribution in [2.24, 2.45) is 0 Å². The van der Waals surface area contributed by atoms with Gasteiger partial charge in [-0.2, -0.15) is 0 Å². The minimum Gasteiger partial charge on any atom is -0.357 e. The third kappa shape index (κ3) is 2.90. The summed E-state index contributed by atoms with van der Waals surface area (Å²) < 4.78 is 0. The van der Waals surface area contributed by atoms with E-state index in [9.17, 15) is 0 Å². The lowest BCUT2D eigenvalue weighted by atomic mass is 10.3. The van der Waals surface area contributed by atoms with E-state index in [2.05, 4.69) is 21.2 Å². The van der Waals surface area contributed by atoms with Gasteiger partial charge in [-0.3, -0.25) is 0 Å². The number of hydrogen-bond acceptors (Lipinski definition) is 3. The number of nitrogens with zero attached hydrogens (tertiary/aromatic N) is 2. The molecule has 1 aromatic heterocycles. The summed E-state index contributed by atoms with van der Waals surface area (Å²) in [7, 11) is 0. The molecule has 0 aliphatic rings. The molecule has 1 N–H and O–H groups in total. The van der Waals surface area contributed by atoms with Crippen LogP contribution >= 0.6 is 11.6 Å². The summed E-state index contributed by atoms with van der Waals surface area (Å²) in [6.45, 7) is 3.85. The summed E-state index contributed by atoms with van der Waals surface area (Å²) in [5.41, 5.74) is 0. The van der Waals surface area contributed by atoms with Crippen LogP contribution in [0.1, 0.15) is 19.7 Å². The van der Waals surface area contributed by atoms with Crippen LogP contribution in [0.25, 0.3) is 0 Å². The van der Waals surface area contributed by atoms with E-state index in [0.717, 1.165) is 6.42 Å². The van der Waals surface area contributed by atoms with E-state index in [-0.39, 0.29) is 6.04 Å². The van der Waals surface area contributed by atoms with E-state index >= 15 is 0 Å². The van der Waals surface area contributed by atoms with Crippen LogP contribution in [0.15, 0.2) is 6.07 Å². The molecule has 1 rings (SSSR count). The van der Waals surface area contributed by atoms with Gasteiger partial charge in [0.05, 0.1) is 6.04 Å². The number of terminal acetylenes is 1. The molecule has 1 aromatic rings. The minimum absolute atomic E-state index is 0.0642. The summed E-state index contributed by atoms with van der Waals surface area (Å²) in [4.78, 5) is 8.29. The number of nitrogens with one attached hydrogen (secondary N) is 1. The van der Waals surface area contributed by atoms with Crippen LogP contribution in [-0.4, -0.2) is 16.0 Å². The molecule has 74 valence electrons. The first-order valence-corrected chi connectivity index (χ1v) is 4.79. The number of anilines is 1. The molecule has 1 atom stereocenters. The van der Waals surface area contributed by atoms with E-state index < -0.39 is 0 Å². The first-order valence-electron chi connectivity index (χ1n) is 4.41. The molecule has 0 amide bonds. The van der Waals surface area contributed by atoms with E-state index in [1.54, 1.807) is 6.07 Å². The van der Waals surface area contributed by atoms with Crippen LogP contribution < -0.4 is 5.32 Å². The lowest BCUT2D eigenvalue weighted by Crippen LogP contribution is -2.14. The van der Waals surface area contributed by atoms with Crippen molar-refractivity contribution in [1.29, 1.82) is 0 Å². The van der Waals surface area contributed by atoms with E-state index in [1.807, 2.05) is 13.8 Å². The van der Waals surface area contributed by atoms with Crippen LogP contribution in [-0.2, 0) is 6.42 Å². The number of aromatic nitrogens is 2. The molecule has 0 saturated carbocycles. The Hall–Kier alpha value is -1.27. The summed E-state index contributed by atoms with van der Waals surface area (Å²) in [5, 5.41) is 3.47. The van der Waals surface area contributed by atoms with Crippen molar-refractivity contribution in [3.8, 4) is 12.3 Å². The van der Waals surface area contributed by atoms with E-state index in [0.29, 0.717) is 16.8 Å². The molecule has 0 radical (unpaired) electrons. The van der Waals surface area contributed by atoms with Gasteiger partial charge in [0, 0.05) is 12.5 Å². The molecule has 0 aromatic carbocycles. The number of halogens is 1. The maximum atomic E-state index is 5.81. The van der Waals surface area contributed by atoms with Gasteiger partial charge in [0.25, 0.3) is 0 Å². The van der Waals surface area contributed by atoms with Crippen LogP contribution in [0.2, 0.25) is 5.15 Å². The largest absolute Gasteiger partial charge is 0.357 e. The molecular formula is C10H12ClN3. The first-order chi connectivity index (χ1) is 6.65. The molecule has 1 unspecified atom stereocenters. The van der Waals surface area contributed by atoms with Crippen molar-refractivity contribution >= 4 is 17.4 Å². The first kappa shape index (κ1) is 10.8. The van der Waals surface area contributed by atoms with Crippen molar-refractivity contribution in [2.45, 2.75) is 26.3 Å². The van der Waals surface area contributed by atoms with Gasteiger partial charge in [-0.25, -0.2) is 9.97 Å². The highest BCUT2D eigenvalue weighted by Gasteiger charge is 2.03. The zero-order chi connectivity index (χ0) is 10.6. The normalized spacial score (nSPS) is 11.9. The second kappa shape index (κ2) is 4.83. The van der Waals surface area contributed by atoms with Gasteiger partial charge in [-0.1, -0.05) is 24.4 Å². The molecule has 14 heavy (non-hydrogen) atoms. The molecule has 1 heterocycles. The lowest BCUT2D eigenvalue weighted by molar-refractivity contribution is 0.921. The molecule has 0 spiro atoms. The number of rotatable bonds is 3. The van der Waals surface area contributed by atoms with Gasteiger partial charge in [0.1, 0.15) is 16.8 Å². The van der Waals surface area contributed by atoms with Crippen LogP contribution in [0.3, 0.4) is 0 Å². The van der Waals surface area contributed by atoms with Crippen LogP contribution in [0.5, 0.6) is 0 Å². The van der Waals surface area contributed by atoms with Gasteiger partial charge in [0.2, 0.25) is 0 Å². The third-order valence-electron chi connectivity index (χ3n) is 1.67. The maximum absolute atomic E-state index is 5.81. The molecule has 0 fully saturated rings. The Kier molecular flexibility index (Phi) is 3.73. The van der Waals surface area contributed by atoms with Crippen molar-refractivity contribution in [1.82, 2.24) is 9.97 Å². The molecular weight excluding hydrogens is 198 g/mol. The van der Waals surface area contributed by atoms with Gasteiger partial charge in [-0.05, 0) is 6.92 Å². The van der Waals surface area contributed by atoms with Gasteiger partial charge < -0.3 is 5.32 Å². The predicted molar refractivity (Wildman–Crippen MR) is 58.3 cm³/mol. The van der Waals surface area contributed by atoms with Crippen LogP contribution in [0.4, 0.5) is 5.82 Å².